The number of nitrogens with one attached hydrogen (secondary N) is 1. The molecule has 1 fully saturated rings. The Morgan fingerprint density at radius 3 is 2.59 bits per heavy atom. The third-order valence-electron chi connectivity index (χ3n) is 3.50. The molecule has 1 atom stereocenters. The highest BCUT2D eigenvalue weighted by atomic mass is 32.2. The summed E-state index contributed by atoms with van der Waals surface area (Å²) in [5.41, 5.74) is 0. The van der Waals surface area contributed by atoms with Crippen LogP contribution in [-0.4, -0.2) is 37.4 Å². The van der Waals surface area contributed by atoms with Crippen LogP contribution in [0.25, 0.3) is 0 Å². The number of ether oxygens (including phenoxy) is 2. The van der Waals surface area contributed by atoms with Gasteiger partial charge in [-0.15, -0.1) is 11.8 Å². The number of carbonyl (C=O) groups excluding carboxylic acids is 2. The van der Waals surface area contributed by atoms with Crippen molar-refractivity contribution < 1.29 is 19.1 Å². The zero-order valence-corrected chi connectivity index (χ0v) is 13.7. The molecule has 0 unspecified atom stereocenters. The number of benzene rings is 1. The van der Waals surface area contributed by atoms with Gasteiger partial charge in [0.25, 0.3) is 5.91 Å². The van der Waals surface area contributed by atoms with Crippen molar-refractivity contribution in [2.45, 2.75) is 30.7 Å². The highest BCUT2D eigenvalue weighted by Crippen LogP contribution is 2.32. The van der Waals surface area contributed by atoms with Crippen molar-refractivity contribution in [2.75, 3.05) is 19.5 Å². The second kappa shape index (κ2) is 8.08. The second-order valence-electron chi connectivity index (χ2n) is 5.32. The highest BCUT2D eigenvalue weighted by molar-refractivity contribution is 8.00. The molecule has 1 aromatic rings. The van der Waals surface area contributed by atoms with Crippen molar-refractivity contribution in [2.24, 2.45) is 5.92 Å². The average molecular weight is 323 g/mol. The molecular weight excluding hydrogens is 302 g/mol. The summed E-state index contributed by atoms with van der Waals surface area (Å²) in [4.78, 5) is 24.2. The number of carbonyl (C=O) groups is 2. The molecule has 1 aromatic carbocycles. The van der Waals surface area contributed by atoms with Gasteiger partial charge in [-0.3, -0.25) is 9.59 Å². The summed E-state index contributed by atoms with van der Waals surface area (Å²) in [7, 11) is 1.61. The lowest BCUT2D eigenvalue weighted by atomic mass is 10.2. The van der Waals surface area contributed by atoms with Crippen LogP contribution in [0.5, 0.6) is 5.75 Å². The van der Waals surface area contributed by atoms with Gasteiger partial charge in [-0.05, 0) is 49.9 Å². The van der Waals surface area contributed by atoms with Crippen molar-refractivity contribution in [3.05, 3.63) is 24.3 Å². The summed E-state index contributed by atoms with van der Waals surface area (Å²) in [6.07, 6.45) is 2.33. The van der Waals surface area contributed by atoms with E-state index >= 15 is 0 Å². The molecule has 0 saturated heterocycles. The molecule has 0 aromatic heterocycles. The molecule has 1 amide bonds. The Kier molecular flexibility index (Phi) is 6.12. The predicted octanol–water partition coefficient (Wildman–Crippen LogP) is 2.25. The van der Waals surface area contributed by atoms with Crippen LogP contribution in [0, 0.1) is 5.92 Å². The number of amides is 1. The van der Waals surface area contributed by atoms with Crippen LogP contribution in [-0.2, 0) is 14.3 Å². The topological polar surface area (TPSA) is 64.6 Å². The lowest BCUT2D eigenvalue weighted by Gasteiger charge is -2.12. The van der Waals surface area contributed by atoms with E-state index in [2.05, 4.69) is 5.32 Å². The summed E-state index contributed by atoms with van der Waals surface area (Å²) in [5.74, 6) is 0.911. The molecule has 1 saturated carbocycles. The summed E-state index contributed by atoms with van der Waals surface area (Å²) < 4.78 is 10.0. The minimum atomic E-state index is -0.393. The summed E-state index contributed by atoms with van der Waals surface area (Å²) in [6, 6.07) is 7.59. The van der Waals surface area contributed by atoms with Crippen LogP contribution < -0.4 is 10.1 Å². The number of hydrogen-bond acceptors (Lipinski definition) is 5. The van der Waals surface area contributed by atoms with Crippen LogP contribution in [0.15, 0.2) is 29.2 Å². The number of hydrogen-bond donors (Lipinski definition) is 1. The van der Waals surface area contributed by atoms with Crippen molar-refractivity contribution in [1.29, 1.82) is 0 Å². The average Bonchev–Trinajstić information content (AvgIpc) is 3.36. The molecule has 2 rings (SSSR count). The molecule has 22 heavy (non-hydrogen) atoms. The highest BCUT2D eigenvalue weighted by Gasteiger charge is 2.28. The van der Waals surface area contributed by atoms with E-state index in [1.807, 2.05) is 31.2 Å². The van der Waals surface area contributed by atoms with E-state index in [-0.39, 0.29) is 24.3 Å². The fourth-order valence-electron chi connectivity index (χ4n) is 2.01. The zero-order valence-electron chi connectivity index (χ0n) is 12.8. The maximum absolute atomic E-state index is 11.6. The first-order chi connectivity index (χ1) is 10.6. The number of thioether (sulfide) groups is 1. The lowest BCUT2D eigenvalue weighted by Crippen LogP contribution is -2.37. The summed E-state index contributed by atoms with van der Waals surface area (Å²) >= 11 is 1.37. The van der Waals surface area contributed by atoms with Gasteiger partial charge in [0.15, 0.2) is 6.61 Å². The summed E-state index contributed by atoms with van der Waals surface area (Å²) in [5, 5.41) is 2.85. The van der Waals surface area contributed by atoms with Gasteiger partial charge in [-0.1, -0.05) is 0 Å². The predicted molar refractivity (Wildman–Crippen MR) is 85.0 cm³/mol. The lowest BCUT2D eigenvalue weighted by molar-refractivity contribution is -0.146. The molecule has 1 N–H and O–H groups in total. The Balaban J connectivity index is 1.63. The molecule has 120 valence electrons. The third kappa shape index (κ3) is 5.60. The molecular formula is C16H21NO4S. The standard InChI is InChI=1S/C16H21NO4S/c1-11(12-3-4-12)17-15(18)9-21-16(19)10-22-14-7-5-13(20-2)6-8-14/h5-8,11-12H,3-4,9-10H2,1-2H3,(H,17,18)/t11-/m0/s1. The Hall–Kier alpha value is -1.69. The third-order valence-corrected chi connectivity index (χ3v) is 4.48. The van der Waals surface area contributed by atoms with E-state index in [4.69, 9.17) is 9.47 Å². The zero-order chi connectivity index (χ0) is 15.9. The molecule has 1 aliphatic rings. The molecule has 5 nitrogen and oxygen atoms in total. The van der Waals surface area contributed by atoms with Crippen LogP contribution >= 0.6 is 11.8 Å². The van der Waals surface area contributed by atoms with Crippen molar-refractivity contribution >= 4 is 23.6 Å². The molecule has 0 spiro atoms. The number of esters is 1. The van der Waals surface area contributed by atoms with Crippen LogP contribution in [0.1, 0.15) is 19.8 Å². The van der Waals surface area contributed by atoms with E-state index < -0.39 is 5.97 Å². The number of rotatable bonds is 8. The fraction of sp³-hybridized carbons (Fsp3) is 0.500. The van der Waals surface area contributed by atoms with Crippen molar-refractivity contribution in [3.8, 4) is 5.75 Å². The minimum absolute atomic E-state index is 0.167. The van der Waals surface area contributed by atoms with Gasteiger partial charge in [-0.2, -0.15) is 0 Å². The minimum Gasteiger partial charge on any atom is -0.497 e. The SMILES string of the molecule is COc1ccc(SCC(=O)OCC(=O)N[C@@H](C)C2CC2)cc1. The Morgan fingerprint density at radius 1 is 1.32 bits per heavy atom. The van der Waals surface area contributed by atoms with Crippen LogP contribution in [0.2, 0.25) is 0 Å². The van der Waals surface area contributed by atoms with E-state index in [1.165, 1.54) is 24.6 Å². The maximum atomic E-state index is 11.6. The monoisotopic (exact) mass is 323 g/mol. The van der Waals surface area contributed by atoms with Crippen molar-refractivity contribution in [1.82, 2.24) is 5.32 Å². The normalized spacial score (nSPS) is 15.0. The molecule has 0 heterocycles. The van der Waals surface area contributed by atoms with E-state index in [9.17, 15) is 9.59 Å². The van der Waals surface area contributed by atoms with E-state index in [0.29, 0.717) is 5.92 Å². The molecule has 0 aliphatic heterocycles. The van der Waals surface area contributed by atoms with Gasteiger partial charge >= 0.3 is 5.97 Å². The molecule has 0 radical (unpaired) electrons. The molecule has 1 aliphatic carbocycles. The quantitative estimate of drug-likeness (QED) is 0.587. The smallest absolute Gasteiger partial charge is 0.316 e. The van der Waals surface area contributed by atoms with Gasteiger partial charge in [0.2, 0.25) is 0 Å². The molecule has 6 heteroatoms. The van der Waals surface area contributed by atoms with Gasteiger partial charge in [0.1, 0.15) is 5.75 Å². The Bertz CT molecular complexity index is 513. The van der Waals surface area contributed by atoms with Gasteiger partial charge in [0, 0.05) is 10.9 Å². The van der Waals surface area contributed by atoms with Gasteiger partial charge in [0.05, 0.1) is 12.9 Å². The van der Waals surface area contributed by atoms with Gasteiger partial charge < -0.3 is 14.8 Å². The number of methoxy groups -OCH3 is 1. The summed E-state index contributed by atoms with van der Waals surface area (Å²) in [6.45, 7) is 1.77. The van der Waals surface area contributed by atoms with E-state index in [1.54, 1.807) is 7.11 Å². The van der Waals surface area contributed by atoms with Gasteiger partial charge in [-0.25, -0.2) is 0 Å². The van der Waals surface area contributed by atoms with E-state index in [0.717, 1.165) is 10.6 Å². The second-order valence-corrected chi connectivity index (χ2v) is 6.37. The largest absolute Gasteiger partial charge is 0.497 e. The van der Waals surface area contributed by atoms with Crippen molar-refractivity contribution in [3.63, 3.8) is 0 Å². The Morgan fingerprint density at radius 2 is 2.00 bits per heavy atom. The molecule has 0 bridgehead atoms. The maximum Gasteiger partial charge on any atom is 0.316 e. The van der Waals surface area contributed by atoms with Crippen LogP contribution in [0.4, 0.5) is 0 Å². The fourth-order valence-corrected chi connectivity index (χ4v) is 2.71. The first kappa shape index (κ1) is 16.7. The first-order valence-electron chi connectivity index (χ1n) is 7.30. The van der Waals surface area contributed by atoms with Crippen LogP contribution in [0.3, 0.4) is 0 Å². The Labute approximate surface area is 134 Å². The first-order valence-corrected chi connectivity index (χ1v) is 8.29.